The topological polar surface area (TPSA) is 62.3 Å². The summed E-state index contributed by atoms with van der Waals surface area (Å²) in [5.74, 6) is -0.568. The average molecular weight is 526 g/mol. The molecule has 2 amide bonds. The summed E-state index contributed by atoms with van der Waals surface area (Å²) in [6, 6.07) is 20.0. The molecule has 0 radical (unpaired) electrons. The van der Waals surface area contributed by atoms with Crippen molar-refractivity contribution in [2.45, 2.75) is 44.7 Å². The molecule has 4 aromatic rings. The lowest BCUT2D eigenvalue weighted by molar-refractivity contribution is -0.128. The Labute approximate surface area is 225 Å². The fraction of sp³-hybridized carbons (Fsp3) is 0.281. The maximum Gasteiger partial charge on any atom is 0.224 e. The van der Waals surface area contributed by atoms with Crippen LogP contribution in [0, 0.1) is 17.6 Å². The Balaban J connectivity index is 1.43. The molecule has 1 saturated carbocycles. The summed E-state index contributed by atoms with van der Waals surface area (Å²) in [5.41, 5.74) is 4.14. The zero-order valence-corrected chi connectivity index (χ0v) is 21.5. The van der Waals surface area contributed by atoms with Crippen molar-refractivity contribution in [3.8, 4) is 11.3 Å². The number of rotatable bonds is 8. The highest BCUT2D eigenvalue weighted by molar-refractivity contribution is 5.92. The van der Waals surface area contributed by atoms with E-state index in [1.54, 1.807) is 23.1 Å². The summed E-state index contributed by atoms with van der Waals surface area (Å²) >= 11 is 0. The van der Waals surface area contributed by atoms with Crippen molar-refractivity contribution in [2.75, 3.05) is 6.54 Å². The number of carbonyl (C=O) groups is 2. The van der Waals surface area contributed by atoms with Crippen molar-refractivity contribution in [3.63, 3.8) is 0 Å². The van der Waals surface area contributed by atoms with Crippen LogP contribution < -0.4 is 5.32 Å². The standard InChI is InChI=1S/C32H29F2N3O2/c33-23-8-3-6-21(16-23)31(20-13-14-20)36-29(38)18-26-25-10-1-2-11-28(25)35-32(22-7-4-9-24(34)17-22)27(26)19-37-15-5-12-30(37)39/h1-4,6-11,16-17,20,31H,5,12-15,18-19H2,(H,36,38)/t31-/m0/s1. The molecule has 1 aromatic heterocycles. The number of carbonyl (C=O) groups excluding carboxylic acids is 2. The molecule has 2 fully saturated rings. The number of amides is 2. The lowest BCUT2D eigenvalue weighted by Crippen LogP contribution is -2.32. The van der Waals surface area contributed by atoms with Gasteiger partial charge in [-0.1, -0.05) is 42.5 Å². The number of pyridine rings is 1. The largest absolute Gasteiger partial charge is 0.349 e. The molecule has 2 heterocycles. The van der Waals surface area contributed by atoms with Crippen molar-refractivity contribution < 1.29 is 18.4 Å². The van der Waals surface area contributed by atoms with Crippen molar-refractivity contribution in [1.29, 1.82) is 0 Å². The smallest absolute Gasteiger partial charge is 0.224 e. The first kappa shape index (κ1) is 25.2. The van der Waals surface area contributed by atoms with E-state index in [0.29, 0.717) is 36.3 Å². The van der Waals surface area contributed by atoms with Gasteiger partial charge in [-0.05, 0) is 66.6 Å². The predicted octanol–water partition coefficient (Wildman–Crippen LogP) is 6.11. The Kier molecular flexibility index (Phi) is 6.81. The molecule has 0 spiro atoms. The normalized spacial score (nSPS) is 16.1. The minimum Gasteiger partial charge on any atom is -0.349 e. The van der Waals surface area contributed by atoms with Crippen LogP contribution in [-0.2, 0) is 22.6 Å². The average Bonchev–Trinajstić information content (AvgIpc) is 3.69. The molecule has 198 valence electrons. The Morgan fingerprint density at radius 1 is 0.974 bits per heavy atom. The monoisotopic (exact) mass is 525 g/mol. The van der Waals surface area contributed by atoms with E-state index in [1.807, 2.05) is 30.3 Å². The lowest BCUT2D eigenvalue weighted by Gasteiger charge is -2.24. The number of benzene rings is 3. The van der Waals surface area contributed by atoms with E-state index < -0.39 is 0 Å². The molecule has 2 aliphatic rings. The van der Waals surface area contributed by atoms with E-state index in [1.165, 1.54) is 24.3 Å². The molecule has 1 N–H and O–H groups in total. The van der Waals surface area contributed by atoms with Crippen LogP contribution in [0.15, 0.2) is 72.8 Å². The van der Waals surface area contributed by atoms with Gasteiger partial charge in [-0.3, -0.25) is 9.59 Å². The molecule has 7 heteroatoms. The maximum atomic E-state index is 14.3. The molecule has 1 atom stereocenters. The zero-order valence-electron chi connectivity index (χ0n) is 21.5. The number of hydrogen-bond acceptors (Lipinski definition) is 3. The van der Waals surface area contributed by atoms with Crippen molar-refractivity contribution in [3.05, 3.63) is 101 Å². The first-order valence-corrected chi connectivity index (χ1v) is 13.5. The fourth-order valence-electron chi connectivity index (χ4n) is 5.62. The molecule has 5 nitrogen and oxygen atoms in total. The number of hydrogen-bond donors (Lipinski definition) is 1. The minimum atomic E-state index is -0.382. The number of likely N-dealkylation sites (tertiary alicyclic amines) is 1. The van der Waals surface area contributed by atoms with Crippen molar-refractivity contribution in [2.24, 2.45) is 5.92 Å². The first-order chi connectivity index (χ1) is 19.0. The number of halogens is 2. The summed E-state index contributed by atoms with van der Waals surface area (Å²) in [4.78, 5) is 33.0. The Hall–Kier alpha value is -4.13. The fourth-order valence-corrected chi connectivity index (χ4v) is 5.62. The molecule has 0 unspecified atom stereocenters. The van der Waals surface area contributed by atoms with E-state index in [-0.39, 0.29) is 41.8 Å². The van der Waals surface area contributed by atoms with Crippen LogP contribution in [-0.4, -0.2) is 28.2 Å². The third kappa shape index (κ3) is 5.39. The second-order valence-electron chi connectivity index (χ2n) is 10.5. The van der Waals surface area contributed by atoms with Gasteiger partial charge in [-0.2, -0.15) is 0 Å². The molecule has 3 aromatic carbocycles. The van der Waals surface area contributed by atoms with Crippen LogP contribution in [0.3, 0.4) is 0 Å². The minimum absolute atomic E-state index is 0.0568. The molecule has 0 bridgehead atoms. The Bertz CT molecular complexity index is 1570. The summed E-state index contributed by atoms with van der Waals surface area (Å²) in [6.45, 7) is 0.921. The highest BCUT2D eigenvalue weighted by Gasteiger charge is 2.34. The molecule has 1 saturated heterocycles. The number of fused-ring (bicyclic) bond motifs is 1. The Morgan fingerprint density at radius 3 is 2.46 bits per heavy atom. The maximum absolute atomic E-state index is 14.3. The van der Waals surface area contributed by atoms with E-state index in [9.17, 15) is 18.4 Å². The quantitative estimate of drug-likeness (QED) is 0.302. The molecular formula is C32H29F2N3O2. The molecule has 6 rings (SSSR count). The van der Waals surface area contributed by atoms with Crippen molar-refractivity contribution >= 4 is 22.7 Å². The zero-order chi connectivity index (χ0) is 26.9. The highest BCUT2D eigenvalue weighted by atomic mass is 19.1. The second-order valence-corrected chi connectivity index (χ2v) is 10.5. The van der Waals surface area contributed by atoms with Gasteiger partial charge in [0, 0.05) is 36.0 Å². The lowest BCUT2D eigenvalue weighted by atomic mass is 9.93. The van der Waals surface area contributed by atoms with Crippen LogP contribution in [0.2, 0.25) is 0 Å². The van der Waals surface area contributed by atoms with Gasteiger partial charge in [0.15, 0.2) is 0 Å². The molecule has 39 heavy (non-hydrogen) atoms. The number of aromatic nitrogens is 1. The third-order valence-corrected chi connectivity index (χ3v) is 7.68. The van der Waals surface area contributed by atoms with E-state index in [2.05, 4.69) is 5.32 Å². The van der Waals surface area contributed by atoms with Crippen LogP contribution in [0.5, 0.6) is 0 Å². The van der Waals surface area contributed by atoms with E-state index in [4.69, 9.17) is 4.98 Å². The second kappa shape index (κ2) is 10.6. The first-order valence-electron chi connectivity index (χ1n) is 13.5. The van der Waals surface area contributed by atoms with Gasteiger partial charge in [-0.15, -0.1) is 0 Å². The van der Waals surface area contributed by atoms with Gasteiger partial charge in [0.25, 0.3) is 0 Å². The van der Waals surface area contributed by atoms with E-state index >= 15 is 0 Å². The van der Waals surface area contributed by atoms with Gasteiger partial charge in [0.05, 0.1) is 23.7 Å². The molecular weight excluding hydrogens is 496 g/mol. The number of nitrogens with zero attached hydrogens (tertiary/aromatic N) is 2. The van der Waals surface area contributed by atoms with Gasteiger partial charge >= 0.3 is 0 Å². The van der Waals surface area contributed by atoms with Gasteiger partial charge in [0.1, 0.15) is 11.6 Å². The highest BCUT2D eigenvalue weighted by Crippen LogP contribution is 2.41. The van der Waals surface area contributed by atoms with Gasteiger partial charge in [0.2, 0.25) is 11.8 Å². The predicted molar refractivity (Wildman–Crippen MR) is 145 cm³/mol. The molecule has 1 aliphatic carbocycles. The van der Waals surface area contributed by atoms with Crippen LogP contribution in [0.4, 0.5) is 8.78 Å². The van der Waals surface area contributed by atoms with E-state index in [0.717, 1.165) is 41.3 Å². The van der Waals surface area contributed by atoms with Crippen LogP contribution >= 0.6 is 0 Å². The summed E-state index contributed by atoms with van der Waals surface area (Å²) in [6.07, 6.45) is 3.28. The summed E-state index contributed by atoms with van der Waals surface area (Å²) in [5, 5.41) is 3.99. The van der Waals surface area contributed by atoms with Crippen molar-refractivity contribution in [1.82, 2.24) is 15.2 Å². The SMILES string of the molecule is O=C(Cc1c(CN2CCCC2=O)c(-c2cccc(F)c2)nc2ccccc12)N[C@H](c1cccc(F)c1)C1CC1. The number of para-hydroxylation sites is 1. The van der Waals surface area contributed by atoms with Crippen LogP contribution in [0.25, 0.3) is 22.2 Å². The third-order valence-electron chi connectivity index (χ3n) is 7.68. The van der Waals surface area contributed by atoms with Gasteiger partial charge < -0.3 is 10.2 Å². The molecule has 1 aliphatic heterocycles. The summed E-state index contributed by atoms with van der Waals surface area (Å²) < 4.78 is 28.3. The summed E-state index contributed by atoms with van der Waals surface area (Å²) in [7, 11) is 0. The number of nitrogens with one attached hydrogen (secondary N) is 1. The van der Waals surface area contributed by atoms with Gasteiger partial charge in [-0.25, -0.2) is 13.8 Å². The van der Waals surface area contributed by atoms with Crippen LogP contribution in [0.1, 0.15) is 48.4 Å². The Morgan fingerprint density at radius 2 is 1.74 bits per heavy atom.